The number of rotatable bonds is 3. The summed E-state index contributed by atoms with van der Waals surface area (Å²) in [5.74, 6) is 0.195. The summed E-state index contributed by atoms with van der Waals surface area (Å²) >= 11 is 3.46. The van der Waals surface area contributed by atoms with Gasteiger partial charge in [-0.25, -0.2) is 4.98 Å². The van der Waals surface area contributed by atoms with E-state index in [1.54, 1.807) is 10.5 Å². The van der Waals surface area contributed by atoms with E-state index in [1.807, 2.05) is 36.4 Å². The number of benzene rings is 1. The van der Waals surface area contributed by atoms with Crippen LogP contribution in [0.3, 0.4) is 0 Å². The molecule has 1 aromatic carbocycles. The Balaban J connectivity index is 1.88. The normalized spacial score (nSPS) is 11.7. The van der Waals surface area contributed by atoms with Crippen molar-refractivity contribution in [2.75, 3.05) is 5.32 Å². The molecule has 0 fully saturated rings. The van der Waals surface area contributed by atoms with Crippen LogP contribution < -0.4 is 5.32 Å². The standard InChI is InChI=1S/C19H20BrN3O2/c1-19(2,3)13-9-7-12(8-10-13)18(25)22-17-16(20)23-14(11-24)5-4-6-15(23)21-17/h4-10,24H,11H2,1-3H3,(H,22,25). The molecule has 0 spiro atoms. The summed E-state index contributed by atoms with van der Waals surface area (Å²) < 4.78 is 2.37. The summed E-state index contributed by atoms with van der Waals surface area (Å²) in [6, 6.07) is 13.0. The van der Waals surface area contributed by atoms with Crippen molar-refractivity contribution in [1.82, 2.24) is 9.38 Å². The molecule has 6 heteroatoms. The average molecular weight is 402 g/mol. The van der Waals surface area contributed by atoms with E-state index in [2.05, 4.69) is 47.0 Å². The molecule has 5 nitrogen and oxygen atoms in total. The number of carbonyl (C=O) groups is 1. The third kappa shape index (κ3) is 3.45. The molecule has 3 aromatic rings. The molecule has 0 radical (unpaired) electrons. The van der Waals surface area contributed by atoms with Gasteiger partial charge in [-0.1, -0.05) is 39.0 Å². The van der Waals surface area contributed by atoms with E-state index < -0.39 is 0 Å². The lowest BCUT2D eigenvalue weighted by atomic mass is 9.87. The first-order chi connectivity index (χ1) is 11.8. The number of nitrogens with zero attached hydrogens (tertiary/aromatic N) is 2. The van der Waals surface area contributed by atoms with Crippen LogP contribution >= 0.6 is 15.9 Å². The number of pyridine rings is 1. The lowest BCUT2D eigenvalue weighted by Gasteiger charge is -2.19. The first-order valence-electron chi connectivity index (χ1n) is 8.00. The van der Waals surface area contributed by atoms with E-state index in [0.717, 1.165) is 0 Å². The van der Waals surface area contributed by atoms with Crippen LogP contribution in [0.15, 0.2) is 47.1 Å². The number of aliphatic hydroxyl groups excluding tert-OH is 1. The lowest BCUT2D eigenvalue weighted by molar-refractivity contribution is 0.102. The summed E-state index contributed by atoms with van der Waals surface area (Å²) in [6.45, 7) is 6.28. The highest BCUT2D eigenvalue weighted by atomic mass is 79.9. The molecule has 2 aromatic heterocycles. The summed E-state index contributed by atoms with van der Waals surface area (Å²) in [7, 11) is 0. The Bertz CT molecular complexity index is 924. The third-order valence-electron chi connectivity index (χ3n) is 4.08. The average Bonchev–Trinajstić information content (AvgIpc) is 2.90. The minimum Gasteiger partial charge on any atom is -0.390 e. The molecule has 2 heterocycles. The van der Waals surface area contributed by atoms with E-state index in [9.17, 15) is 9.90 Å². The van der Waals surface area contributed by atoms with Gasteiger partial charge in [0, 0.05) is 5.56 Å². The number of hydrogen-bond acceptors (Lipinski definition) is 3. The van der Waals surface area contributed by atoms with Crippen LogP contribution in [0.2, 0.25) is 0 Å². The number of halogens is 1. The first kappa shape index (κ1) is 17.6. The molecule has 130 valence electrons. The SMILES string of the molecule is CC(C)(C)c1ccc(C(=O)Nc2nc3cccc(CO)n3c2Br)cc1. The first-order valence-corrected chi connectivity index (χ1v) is 8.79. The number of aliphatic hydroxyl groups is 1. The van der Waals surface area contributed by atoms with Crippen LogP contribution in [0, 0.1) is 0 Å². The minimum absolute atomic E-state index is 0.0420. The summed E-state index contributed by atoms with van der Waals surface area (Å²) in [5, 5.41) is 12.3. The summed E-state index contributed by atoms with van der Waals surface area (Å²) in [5.41, 5.74) is 3.12. The number of amides is 1. The maximum atomic E-state index is 12.5. The van der Waals surface area contributed by atoms with E-state index in [4.69, 9.17) is 0 Å². The van der Waals surface area contributed by atoms with E-state index in [-0.39, 0.29) is 17.9 Å². The van der Waals surface area contributed by atoms with Gasteiger partial charge in [-0.2, -0.15) is 0 Å². The number of imidazole rings is 1. The maximum absolute atomic E-state index is 12.5. The van der Waals surface area contributed by atoms with Crippen molar-refractivity contribution in [2.24, 2.45) is 0 Å². The molecule has 0 saturated heterocycles. The van der Waals surface area contributed by atoms with Gasteiger partial charge < -0.3 is 10.4 Å². The van der Waals surface area contributed by atoms with Crippen LogP contribution in [-0.2, 0) is 12.0 Å². The van der Waals surface area contributed by atoms with Crippen molar-refractivity contribution >= 4 is 33.3 Å². The summed E-state index contributed by atoms with van der Waals surface area (Å²) in [6.07, 6.45) is 0. The van der Waals surface area contributed by atoms with Crippen LogP contribution in [0.1, 0.15) is 42.4 Å². The van der Waals surface area contributed by atoms with Crippen molar-refractivity contribution in [3.63, 3.8) is 0 Å². The molecular formula is C19H20BrN3O2. The molecular weight excluding hydrogens is 382 g/mol. The van der Waals surface area contributed by atoms with E-state index in [0.29, 0.717) is 27.3 Å². The maximum Gasteiger partial charge on any atom is 0.256 e. The lowest BCUT2D eigenvalue weighted by Crippen LogP contribution is -2.14. The van der Waals surface area contributed by atoms with Crippen LogP contribution in [-0.4, -0.2) is 20.4 Å². The molecule has 0 atom stereocenters. The second-order valence-electron chi connectivity index (χ2n) is 6.90. The molecule has 0 unspecified atom stereocenters. The van der Waals surface area contributed by atoms with Gasteiger partial charge in [0.05, 0.1) is 12.3 Å². The van der Waals surface area contributed by atoms with Gasteiger partial charge in [0.15, 0.2) is 5.82 Å². The molecule has 0 saturated carbocycles. The van der Waals surface area contributed by atoms with E-state index >= 15 is 0 Å². The highest BCUT2D eigenvalue weighted by Gasteiger charge is 2.17. The van der Waals surface area contributed by atoms with E-state index in [1.165, 1.54) is 5.56 Å². The largest absolute Gasteiger partial charge is 0.390 e. The van der Waals surface area contributed by atoms with Gasteiger partial charge in [-0.05, 0) is 51.2 Å². The Morgan fingerprint density at radius 1 is 1.20 bits per heavy atom. The van der Waals surface area contributed by atoms with Crippen molar-refractivity contribution in [3.8, 4) is 0 Å². The molecule has 2 N–H and O–H groups in total. The fraction of sp³-hybridized carbons (Fsp3) is 0.263. The molecule has 0 aliphatic heterocycles. The molecule has 0 bridgehead atoms. The molecule has 0 aliphatic carbocycles. The second-order valence-corrected chi connectivity index (χ2v) is 7.65. The Kier molecular flexibility index (Phi) is 4.67. The number of aromatic nitrogens is 2. The molecule has 25 heavy (non-hydrogen) atoms. The van der Waals surface area contributed by atoms with Crippen molar-refractivity contribution < 1.29 is 9.90 Å². The van der Waals surface area contributed by atoms with Gasteiger partial charge >= 0.3 is 0 Å². The summed E-state index contributed by atoms with van der Waals surface area (Å²) in [4.78, 5) is 16.9. The fourth-order valence-electron chi connectivity index (χ4n) is 2.63. The monoisotopic (exact) mass is 401 g/mol. The Morgan fingerprint density at radius 3 is 2.48 bits per heavy atom. The third-order valence-corrected chi connectivity index (χ3v) is 4.81. The number of nitrogens with one attached hydrogen (secondary N) is 1. The minimum atomic E-state index is -0.227. The van der Waals surface area contributed by atoms with Crippen LogP contribution in [0.25, 0.3) is 5.65 Å². The predicted octanol–water partition coefficient (Wildman–Crippen LogP) is 4.14. The zero-order valence-corrected chi connectivity index (χ0v) is 16.0. The van der Waals surface area contributed by atoms with Gasteiger partial charge in [0.2, 0.25) is 0 Å². The Morgan fingerprint density at radius 2 is 1.88 bits per heavy atom. The Hall–Kier alpha value is -2.18. The topological polar surface area (TPSA) is 66.6 Å². The second kappa shape index (κ2) is 6.61. The molecule has 3 rings (SSSR count). The van der Waals surface area contributed by atoms with Crippen molar-refractivity contribution in [2.45, 2.75) is 32.8 Å². The van der Waals surface area contributed by atoms with Gasteiger partial charge in [0.1, 0.15) is 10.3 Å². The molecule has 1 amide bonds. The molecule has 0 aliphatic rings. The van der Waals surface area contributed by atoms with Crippen LogP contribution in [0.5, 0.6) is 0 Å². The quantitative estimate of drug-likeness (QED) is 0.692. The number of anilines is 1. The van der Waals surface area contributed by atoms with Gasteiger partial charge in [0.25, 0.3) is 5.91 Å². The smallest absolute Gasteiger partial charge is 0.256 e. The number of carbonyl (C=O) groups excluding carboxylic acids is 1. The van der Waals surface area contributed by atoms with Crippen LogP contribution in [0.4, 0.5) is 5.82 Å². The highest BCUT2D eigenvalue weighted by molar-refractivity contribution is 9.10. The highest BCUT2D eigenvalue weighted by Crippen LogP contribution is 2.26. The zero-order valence-electron chi connectivity index (χ0n) is 14.4. The fourth-order valence-corrected chi connectivity index (χ4v) is 3.22. The number of hydrogen-bond donors (Lipinski definition) is 2. The van der Waals surface area contributed by atoms with Gasteiger partial charge in [-0.15, -0.1) is 0 Å². The van der Waals surface area contributed by atoms with Crippen molar-refractivity contribution in [1.29, 1.82) is 0 Å². The Labute approximate surface area is 154 Å². The predicted molar refractivity (Wildman–Crippen MR) is 102 cm³/mol. The van der Waals surface area contributed by atoms with Gasteiger partial charge in [-0.3, -0.25) is 9.20 Å². The van der Waals surface area contributed by atoms with Crippen molar-refractivity contribution in [3.05, 3.63) is 63.9 Å². The zero-order chi connectivity index (χ0) is 18.2. The number of fused-ring (bicyclic) bond motifs is 1.